The lowest BCUT2D eigenvalue weighted by Gasteiger charge is -2.22. The van der Waals surface area contributed by atoms with Crippen LogP contribution in [0.4, 0.5) is 5.82 Å². The van der Waals surface area contributed by atoms with Crippen LogP contribution in [0.5, 0.6) is 23.0 Å². The molecule has 0 bridgehead atoms. The molecule has 15 nitrogen and oxygen atoms in total. The summed E-state index contributed by atoms with van der Waals surface area (Å²) in [5.74, 6) is 1.76. The average Bonchev–Trinajstić information content (AvgIpc) is 3.33. The largest absolute Gasteiger partial charge is 0.490 e. The second kappa shape index (κ2) is 14.6. The van der Waals surface area contributed by atoms with Crippen molar-refractivity contribution in [3.8, 4) is 23.0 Å². The lowest BCUT2D eigenvalue weighted by atomic mass is 10.3. The van der Waals surface area contributed by atoms with E-state index in [9.17, 15) is 4.57 Å². The number of fused-ring (bicyclic) bond motifs is 1. The van der Waals surface area contributed by atoms with E-state index in [0.29, 0.717) is 48.2 Å². The molecule has 222 valence electrons. The van der Waals surface area contributed by atoms with Gasteiger partial charge in [0.2, 0.25) is 0 Å². The van der Waals surface area contributed by atoms with Gasteiger partial charge in [0.1, 0.15) is 11.8 Å². The zero-order chi connectivity index (χ0) is 29.9. The van der Waals surface area contributed by atoms with Crippen molar-refractivity contribution >= 4 is 35.0 Å². The molecule has 2 heterocycles. The first-order chi connectivity index (χ1) is 19.5. The number of benzene rings is 2. The van der Waals surface area contributed by atoms with Gasteiger partial charge < -0.3 is 33.6 Å². The molecule has 0 radical (unpaired) electrons. The number of aromatic nitrogens is 4. The van der Waals surface area contributed by atoms with Gasteiger partial charge in [-0.1, -0.05) is 24.3 Å². The molecule has 41 heavy (non-hydrogen) atoms. The fourth-order valence-corrected chi connectivity index (χ4v) is 4.77. The Labute approximate surface area is 236 Å². The van der Waals surface area contributed by atoms with Crippen molar-refractivity contribution in [3.63, 3.8) is 0 Å². The van der Waals surface area contributed by atoms with E-state index in [1.165, 1.54) is 6.33 Å². The van der Waals surface area contributed by atoms with Crippen molar-refractivity contribution in [2.24, 2.45) is 0 Å². The Kier molecular flexibility index (Phi) is 11.3. The third-order valence-corrected chi connectivity index (χ3v) is 6.38. The third kappa shape index (κ3) is 9.88. The fraction of sp³-hybridized carbons (Fsp3) is 0.292. The number of hydrogen-bond acceptors (Lipinski definition) is 12. The van der Waals surface area contributed by atoms with Crippen LogP contribution < -0.4 is 24.3 Å². The fourth-order valence-electron chi connectivity index (χ4n) is 3.37. The highest BCUT2D eigenvalue weighted by molar-refractivity contribution is 7.79. The van der Waals surface area contributed by atoms with Crippen LogP contribution in [-0.4, -0.2) is 63.2 Å². The molecule has 0 aliphatic heterocycles. The SMILES string of the molecule is CCOc1ccccc1OP(=O)(COCCn1cnc2c(N)ncnc21)Oc1ccccc1OCC.O=S(=O)(O)O. The number of nitrogen functional groups attached to an aromatic ring is 1. The van der Waals surface area contributed by atoms with Gasteiger partial charge >= 0.3 is 18.0 Å². The van der Waals surface area contributed by atoms with Crippen LogP contribution in [0, 0.1) is 0 Å². The first-order valence-corrected chi connectivity index (χ1v) is 15.3. The lowest BCUT2D eigenvalue weighted by Crippen LogP contribution is -2.12. The van der Waals surface area contributed by atoms with E-state index >= 15 is 0 Å². The molecule has 0 saturated carbocycles. The van der Waals surface area contributed by atoms with Crippen LogP contribution in [0.15, 0.2) is 61.2 Å². The molecule has 0 spiro atoms. The molecule has 4 rings (SSSR count). The predicted molar refractivity (Wildman–Crippen MR) is 149 cm³/mol. The van der Waals surface area contributed by atoms with Crippen molar-refractivity contribution in [3.05, 3.63) is 61.2 Å². The molecule has 17 heteroatoms. The molecular weight excluding hydrogens is 581 g/mol. The lowest BCUT2D eigenvalue weighted by molar-refractivity contribution is 0.151. The average molecular weight is 612 g/mol. The van der Waals surface area contributed by atoms with Crippen LogP contribution in [0.2, 0.25) is 0 Å². The molecule has 4 aromatic rings. The van der Waals surface area contributed by atoms with Gasteiger partial charge in [0, 0.05) is 6.54 Å². The summed E-state index contributed by atoms with van der Waals surface area (Å²) in [5, 5.41) is 0. The summed E-state index contributed by atoms with van der Waals surface area (Å²) in [5.41, 5.74) is 6.94. The number of para-hydroxylation sites is 4. The molecule has 0 saturated heterocycles. The van der Waals surface area contributed by atoms with Crippen LogP contribution in [0.25, 0.3) is 11.2 Å². The zero-order valence-corrected chi connectivity index (χ0v) is 23.9. The van der Waals surface area contributed by atoms with Crippen molar-refractivity contribution in [2.75, 3.05) is 31.9 Å². The summed E-state index contributed by atoms with van der Waals surface area (Å²) in [6.07, 6.45) is 2.65. The van der Waals surface area contributed by atoms with Crippen molar-refractivity contribution in [2.45, 2.75) is 20.4 Å². The summed E-state index contributed by atoms with van der Waals surface area (Å²) in [6, 6.07) is 13.9. The maximum atomic E-state index is 13.9. The van der Waals surface area contributed by atoms with Gasteiger partial charge in [-0.05, 0) is 38.1 Å². The first kappa shape index (κ1) is 31.6. The van der Waals surface area contributed by atoms with E-state index in [-0.39, 0.29) is 24.5 Å². The topological polar surface area (TPSA) is 207 Å². The smallest absolute Gasteiger partial charge is 0.456 e. The second-order valence-electron chi connectivity index (χ2n) is 7.91. The van der Waals surface area contributed by atoms with Crippen LogP contribution in [0.1, 0.15) is 13.8 Å². The van der Waals surface area contributed by atoms with E-state index < -0.39 is 18.0 Å². The van der Waals surface area contributed by atoms with Gasteiger partial charge in [-0.15, -0.1) is 0 Å². The maximum absolute atomic E-state index is 13.9. The summed E-state index contributed by atoms with van der Waals surface area (Å²) < 4.78 is 76.2. The molecule has 0 amide bonds. The summed E-state index contributed by atoms with van der Waals surface area (Å²) >= 11 is 0. The zero-order valence-electron chi connectivity index (χ0n) is 22.2. The number of rotatable bonds is 13. The van der Waals surface area contributed by atoms with Crippen molar-refractivity contribution < 1.29 is 45.3 Å². The molecule has 2 aromatic heterocycles. The highest BCUT2D eigenvalue weighted by Crippen LogP contribution is 2.52. The van der Waals surface area contributed by atoms with Gasteiger partial charge in [0.05, 0.1) is 26.1 Å². The summed E-state index contributed by atoms with van der Waals surface area (Å²) in [7, 11) is -8.55. The third-order valence-electron chi connectivity index (χ3n) is 4.93. The molecule has 0 atom stereocenters. The van der Waals surface area contributed by atoms with Crippen LogP contribution >= 0.6 is 7.60 Å². The number of anilines is 1. The molecule has 0 fully saturated rings. The summed E-state index contributed by atoms with van der Waals surface area (Å²) in [4.78, 5) is 12.4. The molecule has 0 unspecified atom stereocenters. The first-order valence-electron chi connectivity index (χ1n) is 12.1. The minimum atomic E-state index is -4.67. The van der Waals surface area contributed by atoms with Gasteiger partial charge in [-0.3, -0.25) is 9.11 Å². The Balaban J connectivity index is 0.000000850. The molecular formula is C24H30N5O10PS. The standard InChI is InChI=1S/C24H28N5O6P.H2O4S/c1-3-32-18-9-5-7-11-20(18)34-36(30,35-21-12-8-6-10-19(21)33-4-2)17-31-14-13-29-16-28-22-23(25)26-15-27-24(22)29;1-5(2,3)4/h5-12,15-16H,3-4,13-14,17H2,1-2H3,(H2,25,26,27);(H2,1,2,3,4). The Morgan fingerprint density at radius 1 is 0.878 bits per heavy atom. The van der Waals surface area contributed by atoms with E-state index in [1.54, 1.807) is 59.4 Å². The van der Waals surface area contributed by atoms with Crippen molar-refractivity contribution in [1.29, 1.82) is 0 Å². The van der Waals surface area contributed by atoms with E-state index in [4.69, 9.17) is 46.5 Å². The normalized spacial score (nSPS) is 11.4. The van der Waals surface area contributed by atoms with E-state index in [2.05, 4.69) is 15.0 Å². The van der Waals surface area contributed by atoms with Gasteiger partial charge in [-0.2, -0.15) is 8.42 Å². The number of ether oxygens (including phenoxy) is 3. The highest BCUT2D eigenvalue weighted by Gasteiger charge is 2.31. The summed E-state index contributed by atoms with van der Waals surface area (Å²) in [6.45, 7) is 5.12. The molecule has 0 aliphatic rings. The molecule has 0 aliphatic carbocycles. The van der Waals surface area contributed by atoms with Crippen LogP contribution in [-0.2, 0) is 26.2 Å². The van der Waals surface area contributed by atoms with Crippen molar-refractivity contribution in [1.82, 2.24) is 19.5 Å². The Hall–Kier alpha value is -3.95. The van der Waals surface area contributed by atoms with Gasteiger partial charge in [-0.25, -0.2) is 19.5 Å². The number of hydrogen-bond donors (Lipinski definition) is 3. The Bertz CT molecular complexity index is 1520. The highest BCUT2D eigenvalue weighted by atomic mass is 32.3. The molecule has 2 aromatic carbocycles. The minimum absolute atomic E-state index is 0.187. The van der Waals surface area contributed by atoms with Gasteiger partial charge in [0.25, 0.3) is 0 Å². The van der Waals surface area contributed by atoms with E-state index in [1.807, 2.05) is 13.8 Å². The number of imidazole rings is 1. The Morgan fingerprint density at radius 3 is 1.90 bits per heavy atom. The quantitative estimate of drug-likeness (QED) is 0.111. The van der Waals surface area contributed by atoms with E-state index in [0.717, 1.165) is 0 Å². The molecule has 4 N–H and O–H groups in total. The predicted octanol–water partition coefficient (Wildman–Crippen LogP) is 3.88. The minimum Gasteiger partial charge on any atom is -0.490 e. The van der Waals surface area contributed by atoms with Crippen LogP contribution in [0.3, 0.4) is 0 Å². The Morgan fingerprint density at radius 2 is 1.39 bits per heavy atom. The number of nitrogens with zero attached hydrogens (tertiary/aromatic N) is 4. The second-order valence-corrected chi connectivity index (χ2v) is 10.6. The number of nitrogens with two attached hydrogens (primary N) is 1. The monoisotopic (exact) mass is 611 g/mol. The van der Waals surface area contributed by atoms with Gasteiger partial charge in [0.15, 0.2) is 40.8 Å². The maximum Gasteiger partial charge on any atom is 0.456 e.